The fourth-order valence-electron chi connectivity index (χ4n) is 1.86. The minimum Gasteiger partial charge on any atom is -0.313 e. The summed E-state index contributed by atoms with van der Waals surface area (Å²) in [6.07, 6.45) is 2.04. The fraction of sp³-hybridized carbons (Fsp3) is 0.571. The lowest BCUT2D eigenvalue weighted by Gasteiger charge is -2.19. The van der Waals surface area contributed by atoms with E-state index in [0.29, 0.717) is 17.5 Å². The molecule has 0 bridgehead atoms. The zero-order chi connectivity index (χ0) is 13.6. The SMILES string of the molecule is CCC(CC)NCC(C)S(=O)(=O)c1ccccc1. The molecule has 1 atom stereocenters. The van der Waals surface area contributed by atoms with Crippen LogP contribution in [0.3, 0.4) is 0 Å². The van der Waals surface area contributed by atoms with E-state index in [-0.39, 0.29) is 0 Å². The van der Waals surface area contributed by atoms with Crippen LogP contribution in [0.15, 0.2) is 35.2 Å². The maximum atomic E-state index is 12.3. The van der Waals surface area contributed by atoms with Gasteiger partial charge in [0.25, 0.3) is 0 Å². The Morgan fingerprint density at radius 2 is 1.67 bits per heavy atom. The van der Waals surface area contributed by atoms with E-state index in [2.05, 4.69) is 19.2 Å². The second-order valence-electron chi connectivity index (χ2n) is 4.59. The Kier molecular flexibility index (Phi) is 5.82. The molecule has 1 rings (SSSR count). The lowest BCUT2D eigenvalue weighted by atomic mass is 10.2. The number of benzene rings is 1. The molecule has 3 nitrogen and oxygen atoms in total. The summed E-state index contributed by atoms with van der Waals surface area (Å²) in [6, 6.07) is 9.05. The van der Waals surface area contributed by atoms with Gasteiger partial charge in [0, 0.05) is 12.6 Å². The third kappa shape index (κ3) is 3.82. The van der Waals surface area contributed by atoms with Crippen LogP contribution in [-0.2, 0) is 9.84 Å². The molecular weight excluding hydrogens is 246 g/mol. The monoisotopic (exact) mass is 269 g/mol. The Hall–Kier alpha value is -0.870. The van der Waals surface area contributed by atoms with Crippen LogP contribution in [0.4, 0.5) is 0 Å². The smallest absolute Gasteiger partial charge is 0.182 e. The summed E-state index contributed by atoms with van der Waals surface area (Å²) in [6.45, 7) is 6.48. The highest BCUT2D eigenvalue weighted by atomic mass is 32.2. The second-order valence-corrected chi connectivity index (χ2v) is 6.96. The van der Waals surface area contributed by atoms with Crippen LogP contribution in [0.2, 0.25) is 0 Å². The summed E-state index contributed by atoms with van der Waals surface area (Å²) >= 11 is 0. The van der Waals surface area contributed by atoms with Gasteiger partial charge in [-0.15, -0.1) is 0 Å². The Balaban J connectivity index is 2.69. The molecule has 4 heteroatoms. The molecule has 0 aliphatic carbocycles. The van der Waals surface area contributed by atoms with E-state index in [0.717, 1.165) is 12.8 Å². The van der Waals surface area contributed by atoms with Crippen molar-refractivity contribution in [2.45, 2.75) is 49.8 Å². The standard InChI is InChI=1S/C14H23NO2S/c1-4-13(5-2)15-11-12(3)18(16,17)14-9-7-6-8-10-14/h6-10,12-13,15H,4-5,11H2,1-3H3. The number of nitrogens with one attached hydrogen (secondary N) is 1. The summed E-state index contributed by atoms with van der Waals surface area (Å²) in [5.74, 6) is 0. The minimum atomic E-state index is -3.21. The highest BCUT2D eigenvalue weighted by molar-refractivity contribution is 7.92. The van der Waals surface area contributed by atoms with Crippen LogP contribution in [0.25, 0.3) is 0 Å². The van der Waals surface area contributed by atoms with Crippen molar-refractivity contribution in [2.24, 2.45) is 0 Å². The van der Waals surface area contributed by atoms with Gasteiger partial charge in [-0.2, -0.15) is 0 Å². The second kappa shape index (κ2) is 6.90. The zero-order valence-corrected chi connectivity index (χ0v) is 12.2. The Labute approximate surface area is 111 Å². The Morgan fingerprint density at radius 3 is 2.17 bits per heavy atom. The van der Waals surface area contributed by atoms with Crippen molar-refractivity contribution in [3.8, 4) is 0 Å². The lowest BCUT2D eigenvalue weighted by molar-refractivity contribution is 0.480. The Morgan fingerprint density at radius 1 is 1.11 bits per heavy atom. The van der Waals surface area contributed by atoms with E-state index in [9.17, 15) is 8.42 Å². The molecule has 18 heavy (non-hydrogen) atoms. The topological polar surface area (TPSA) is 46.2 Å². The van der Waals surface area contributed by atoms with Gasteiger partial charge in [0.05, 0.1) is 10.1 Å². The van der Waals surface area contributed by atoms with E-state index in [1.165, 1.54) is 0 Å². The molecule has 1 aromatic carbocycles. The van der Waals surface area contributed by atoms with E-state index in [1.807, 2.05) is 6.07 Å². The third-order valence-corrected chi connectivity index (χ3v) is 5.44. The zero-order valence-electron chi connectivity index (χ0n) is 11.4. The molecule has 0 fully saturated rings. The van der Waals surface area contributed by atoms with Gasteiger partial charge >= 0.3 is 0 Å². The molecule has 0 amide bonds. The van der Waals surface area contributed by atoms with Gasteiger partial charge in [-0.05, 0) is 31.9 Å². The molecule has 1 N–H and O–H groups in total. The molecule has 1 aromatic rings. The van der Waals surface area contributed by atoms with Gasteiger partial charge in [0.15, 0.2) is 9.84 Å². The van der Waals surface area contributed by atoms with Crippen LogP contribution in [0.5, 0.6) is 0 Å². The van der Waals surface area contributed by atoms with E-state index < -0.39 is 15.1 Å². The van der Waals surface area contributed by atoms with Crippen molar-refractivity contribution in [3.05, 3.63) is 30.3 Å². The molecule has 0 radical (unpaired) electrons. The first-order valence-corrected chi connectivity index (χ1v) is 8.09. The summed E-state index contributed by atoms with van der Waals surface area (Å²) in [7, 11) is -3.21. The summed E-state index contributed by atoms with van der Waals surface area (Å²) < 4.78 is 24.6. The van der Waals surface area contributed by atoms with Crippen molar-refractivity contribution < 1.29 is 8.42 Å². The van der Waals surface area contributed by atoms with Gasteiger partial charge in [0.1, 0.15) is 0 Å². The van der Waals surface area contributed by atoms with Gasteiger partial charge in [-0.25, -0.2) is 8.42 Å². The molecule has 102 valence electrons. The molecular formula is C14H23NO2S. The molecule has 0 aliphatic heterocycles. The first-order valence-electron chi connectivity index (χ1n) is 6.54. The average molecular weight is 269 g/mol. The van der Waals surface area contributed by atoms with Crippen LogP contribution in [-0.4, -0.2) is 26.3 Å². The van der Waals surface area contributed by atoms with Gasteiger partial charge in [-0.3, -0.25) is 0 Å². The van der Waals surface area contributed by atoms with Crippen LogP contribution < -0.4 is 5.32 Å². The highest BCUT2D eigenvalue weighted by Gasteiger charge is 2.23. The van der Waals surface area contributed by atoms with Gasteiger partial charge < -0.3 is 5.32 Å². The van der Waals surface area contributed by atoms with Crippen molar-refractivity contribution in [2.75, 3.05) is 6.54 Å². The number of hydrogen-bond acceptors (Lipinski definition) is 3. The van der Waals surface area contributed by atoms with E-state index in [1.54, 1.807) is 31.2 Å². The van der Waals surface area contributed by atoms with E-state index in [4.69, 9.17) is 0 Å². The maximum Gasteiger partial charge on any atom is 0.182 e. The fourth-order valence-corrected chi connectivity index (χ4v) is 3.18. The predicted octanol–water partition coefficient (Wildman–Crippen LogP) is 2.63. The van der Waals surface area contributed by atoms with Crippen molar-refractivity contribution in [3.63, 3.8) is 0 Å². The normalized spacial score (nSPS) is 13.8. The van der Waals surface area contributed by atoms with Gasteiger partial charge in [0.2, 0.25) is 0 Å². The number of hydrogen-bond donors (Lipinski definition) is 1. The number of sulfone groups is 1. The third-order valence-electron chi connectivity index (χ3n) is 3.28. The molecule has 0 aromatic heterocycles. The molecule has 0 spiro atoms. The summed E-state index contributed by atoms with van der Waals surface area (Å²) in [5.41, 5.74) is 0. The maximum absolute atomic E-state index is 12.3. The van der Waals surface area contributed by atoms with Crippen molar-refractivity contribution >= 4 is 9.84 Å². The molecule has 0 saturated heterocycles. The molecule has 0 aliphatic rings. The Bertz CT molecular complexity index is 438. The van der Waals surface area contributed by atoms with Crippen molar-refractivity contribution in [1.82, 2.24) is 5.32 Å². The van der Waals surface area contributed by atoms with Gasteiger partial charge in [-0.1, -0.05) is 32.0 Å². The molecule has 1 unspecified atom stereocenters. The predicted molar refractivity (Wildman–Crippen MR) is 75.5 cm³/mol. The molecule has 0 saturated carbocycles. The van der Waals surface area contributed by atoms with Crippen LogP contribution in [0.1, 0.15) is 33.6 Å². The quantitative estimate of drug-likeness (QED) is 0.827. The molecule has 0 heterocycles. The lowest BCUT2D eigenvalue weighted by Crippen LogP contribution is -2.37. The summed E-state index contributed by atoms with van der Waals surface area (Å²) in [5, 5.41) is 2.91. The highest BCUT2D eigenvalue weighted by Crippen LogP contribution is 2.15. The van der Waals surface area contributed by atoms with Crippen LogP contribution in [0, 0.1) is 0 Å². The first-order chi connectivity index (χ1) is 8.52. The summed E-state index contributed by atoms with van der Waals surface area (Å²) in [4.78, 5) is 0.406. The minimum absolute atomic E-state index is 0.401. The van der Waals surface area contributed by atoms with E-state index >= 15 is 0 Å². The van der Waals surface area contributed by atoms with Crippen molar-refractivity contribution in [1.29, 1.82) is 0 Å². The van der Waals surface area contributed by atoms with Crippen LogP contribution >= 0.6 is 0 Å². The first kappa shape index (κ1) is 15.2. The largest absolute Gasteiger partial charge is 0.313 e. The number of rotatable bonds is 7. The average Bonchev–Trinajstić information content (AvgIpc) is 2.40.